The van der Waals surface area contributed by atoms with Gasteiger partial charge >= 0.3 is 0 Å². The van der Waals surface area contributed by atoms with Crippen molar-refractivity contribution >= 4 is 15.9 Å². The third-order valence-corrected chi connectivity index (χ3v) is 5.23. The minimum atomic E-state index is -0.982. The van der Waals surface area contributed by atoms with E-state index in [1.165, 1.54) is 0 Å². The lowest BCUT2D eigenvalue weighted by Gasteiger charge is -2.45. The van der Waals surface area contributed by atoms with Crippen LogP contribution in [-0.4, -0.2) is 10.7 Å². The standard InChI is InChI=1S/C17H22BrNO/c1-13-4-3-9-17(10-13,12-19)16(2,20)11-14-5-7-15(18)8-6-14/h5-8,13,20H,3-4,9-11H2,1-2H3. The predicted molar refractivity (Wildman–Crippen MR) is 84.1 cm³/mol. The minimum Gasteiger partial charge on any atom is -0.388 e. The van der Waals surface area contributed by atoms with E-state index in [2.05, 4.69) is 28.9 Å². The van der Waals surface area contributed by atoms with Crippen molar-refractivity contribution < 1.29 is 5.11 Å². The van der Waals surface area contributed by atoms with Gasteiger partial charge in [-0.2, -0.15) is 5.26 Å². The number of rotatable bonds is 3. The summed E-state index contributed by atoms with van der Waals surface area (Å²) in [6.45, 7) is 4.01. The number of halogens is 1. The third-order valence-electron chi connectivity index (χ3n) is 4.70. The molecule has 3 unspecified atom stereocenters. The summed E-state index contributed by atoms with van der Waals surface area (Å²) in [5, 5.41) is 20.7. The van der Waals surface area contributed by atoms with Crippen molar-refractivity contribution in [3.8, 4) is 6.07 Å². The van der Waals surface area contributed by atoms with Gasteiger partial charge in [-0.25, -0.2) is 0 Å². The Bertz CT molecular complexity index is 503. The maximum Gasteiger partial charge on any atom is 0.0863 e. The highest BCUT2D eigenvalue weighted by atomic mass is 79.9. The Morgan fingerprint density at radius 1 is 1.45 bits per heavy atom. The fraction of sp³-hybridized carbons (Fsp3) is 0.588. The Morgan fingerprint density at radius 2 is 2.10 bits per heavy atom. The van der Waals surface area contributed by atoms with Crippen LogP contribution in [0.1, 0.15) is 45.1 Å². The highest BCUT2D eigenvalue weighted by Crippen LogP contribution is 2.47. The molecular weight excluding hydrogens is 314 g/mol. The van der Waals surface area contributed by atoms with E-state index < -0.39 is 11.0 Å². The molecule has 2 rings (SSSR count). The van der Waals surface area contributed by atoms with Crippen LogP contribution in [0.15, 0.2) is 28.7 Å². The van der Waals surface area contributed by atoms with Gasteiger partial charge in [0.1, 0.15) is 0 Å². The Hall–Kier alpha value is -0.850. The highest BCUT2D eigenvalue weighted by molar-refractivity contribution is 9.10. The minimum absolute atomic E-state index is 0.514. The molecule has 1 fully saturated rings. The maximum atomic E-state index is 11.0. The zero-order valence-corrected chi connectivity index (χ0v) is 13.8. The zero-order chi connectivity index (χ0) is 14.8. The molecule has 0 amide bonds. The summed E-state index contributed by atoms with van der Waals surface area (Å²) in [6.07, 6.45) is 4.33. The van der Waals surface area contributed by atoms with Crippen LogP contribution >= 0.6 is 15.9 Å². The second-order valence-corrected chi connectivity index (χ2v) is 7.39. The molecule has 0 spiro atoms. The SMILES string of the molecule is CC1CCCC(C#N)(C(C)(O)Cc2ccc(Br)cc2)C1. The third kappa shape index (κ3) is 3.07. The maximum absolute atomic E-state index is 11.0. The second-order valence-electron chi connectivity index (χ2n) is 6.47. The average Bonchev–Trinajstić information content (AvgIpc) is 2.41. The molecule has 0 bridgehead atoms. The molecule has 1 aromatic rings. The summed E-state index contributed by atoms with van der Waals surface area (Å²) in [5.74, 6) is 0.514. The fourth-order valence-corrected chi connectivity index (χ4v) is 3.70. The molecule has 1 saturated carbocycles. The summed E-state index contributed by atoms with van der Waals surface area (Å²) in [4.78, 5) is 0. The lowest BCUT2D eigenvalue weighted by molar-refractivity contribution is -0.0655. The summed E-state index contributed by atoms with van der Waals surface area (Å²) in [5.41, 5.74) is -0.520. The van der Waals surface area contributed by atoms with E-state index in [1.807, 2.05) is 31.2 Å². The topological polar surface area (TPSA) is 44.0 Å². The number of nitrogens with zero attached hydrogens (tertiary/aromatic N) is 1. The van der Waals surface area contributed by atoms with Gasteiger partial charge < -0.3 is 5.11 Å². The molecule has 0 radical (unpaired) electrons. The first-order valence-corrected chi connectivity index (χ1v) is 8.06. The van der Waals surface area contributed by atoms with E-state index in [1.54, 1.807) is 0 Å². The van der Waals surface area contributed by atoms with Crippen molar-refractivity contribution in [1.29, 1.82) is 5.26 Å². The molecule has 108 valence electrons. The smallest absolute Gasteiger partial charge is 0.0863 e. The average molecular weight is 336 g/mol. The van der Waals surface area contributed by atoms with Crippen molar-refractivity contribution in [3.63, 3.8) is 0 Å². The summed E-state index contributed by atoms with van der Waals surface area (Å²) >= 11 is 3.42. The lowest BCUT2D eigenvalue weighted by atomic mass is 9.61. The largest absolute Gasteiger partial charge is 0.388 e. The van der Waals surface area contributed by atoms with Crippen LogP contribution in [-0.2, 0) is 6.42 Å². The summed E-state index contributed by atoms with van der Waals surface area (Å²) < 4.78 is 1.03. The molecule has 20 heavy (non-hydrogen) atoms. The van der Waals surface area contributed by atoms with Crippen LogP contribution in [0.3, 0.4) is 0 Å². The van der Waals surface area contributed by atoms with E-state index >= 15 is 0 Å². The Balaban J connectivity index is 2.23. The predicted octanol–water partition coefficient (Wildman–Crippen LogP) is 4.46. The van der Waals surface area contributed by atoms with Crippen molar-refractivity contribution in [2.24, 2.45) is 11.3 Å². The first-order valence-electron chi connectivity index (χ1n) is 7.27. The molecular formula is C17H22BrNO. The Morgan fingerprint density at radius 3 is 2.65 bits per heavy atom. The highest BCUT2D eigenvalue weighted by Gasteiger charge is 2.49. The molecule has 1 aliphatic carbocycles. The number of hydrogen-bond acceptors (Lipinski definition) is 2. The van der Waals surface area contributed by atoms with Crippen molar-refractivity contribution in [3.05, 3.63) is 34.3 Å². The van der Waals surface area contributed by atoms with E-state index in [0.29, 0.717) is 12.3 Å². The number of aliphatic hydroxyl groups is 1. The van der Waals surface area contributed by atoms with Crippen LogP contribution in [0.4, 0.5) is 0 Å². The quantitative estimate of drug-likeness (QED) is 0.885. The molecule has 0 saturated heterocycles. The zero-order valence-electron chi connectivity index (χ0n) is 12.2. The van der Waals surface area contributed by atoms with Crippen LogP contribution in [0.25, 0.3) is 0 Å². The van der Waals surface area contributed by atoms with Gasteiger partial charge in [0, 0.05) is 10.9 Å². The van der Waals surface area contributed by atoms with Gasteiger partial charge in [-0.3, -0.25) is 0 Å². The molecule has 2 nitrogen and oxygen atoms in total. The molecule has 1 aromatic carbocycles. The van der Waals surface area contributed by atoms with Gasteiger partial charge in [0.15, 0.2) is 0 Å². The molecule has 3 atom stereocenters. The van der Waals surface area contributed by atoms with Crippen molar-refractivity contribution in [1.82, 2.24) is 0 Å². The van der Waals surface area contributed by atoms with E-state index in [0.717, 1.165) is 35.7 Å². The van der Waals surface area contributed by atoms with Crippen LogP contribution < -0.4 is 0 Å². The lowest BCUT2D eigenvalue weighted by Crippen LogP contribution is -2.49. The van der Waals surface area contributed by atoms with Gasteiger partial charge in [-0.15, -0.1) is 0 Å². The molecule has 0 aromatic heterocycles. The molecule has 1 N–H and O–H groups in total. The van der Waals surface area contributed by atoms with E-state index in [9.17, 15) is 10.4 Å². The van der Waals surface area contributed by atoms with Crippen LogP contribution in [0, 0.1) is 22.7 Å². The van der Waals surface area contributed by atoms with Crippen LogP contribution in [0.5, 0.6) is 0 Å². The molecule has 0 heterocycles. The van der Waals surface area contributed by atoms with Crippen molar-refractivity contribution in [2.75, 3.05) is 0 Å². The summed E-state index contributed by atoms with van der Waals surface area (Å²) in [6, 6.07) is 10.4. The van der Waals surface area contributed by atoms with Crippen LogP contribution in [0.2, 0.25) is 0 Å². The fourth-order valence-electron chi connectivity index (χ4n) is 3.43. The Kier molecular flexibility index (Phi) is 4.56. The number of benzene rings is 1. The first kappa shape index (κ1) is 15.5. The molecule has 0 aliphatic heterocycles. The van der Waals surface area contributed by atoms with Gasteiger partial charge in [-0.05, 0) is 43.4 Å². The first-order chi connectivity index (χ1) is 9.38. The van der Waals surface area contributed by atoms with Gasteiger partial charge in [0.2, 0.25) is 0 Å². The van der Waals surface area contributed by atoms with Gasteiger partial charge in [0.25, 0.3) is 0 Å². The van der Waals surface area contributed by atoms with Gasteiger partial charge in [0.05, 0.1) is 17.1 Å². The number of hydrogen-bond donors (Lipinski definition) is 1. The Labute approximate surface area is 129 Å². The van der Waals surface area contributed by atoms with E-state index in [4.69, 9.17) is 0 Å². The van der Waals surface area contributed by atoms with Crippen molar-refractivity contribution in [2.45, 2.75) is 51.6 Å². The normalized spacial score (nSPS) is 29.4. The summed E-state index contributed by atoms with van der Waals surface area (Å²) in [7, 11) is 0. The second kappa shape index (κ2) is 5.87. The molecule has 1 aliphatic rings. The number of nitriles is 1. The van der Waals surface area contributed by atoms with Gasteiger partial charge in [-0.1, -0.05) is 47.8 Å². The van der Waals surface area contributed by atoms with E-state index in [-0.39, 0.29) is 0 Å². The monoisotopic (exact) mass is 335 g/mol. The molecule has 3 heteroatoms.